The van der Waals surface area contributed by atoms with E-state index in [9.17, 15) is 9.50 Å². The van der Waals surface area contributed by atoms with Crippen molar-refractivity contribution < 1.29 is 9.50 Å². The number of hydrogen-bond acceptors (Lipinski definition) is 3. The Labute approximate surface area is 88.3 Å². The molecule has 4 heteroatoms. The van der Waals surface area contributed by atoms with E-state index in [0.29, 0.717) is 13.1 Å². The molecule has 1 aliphatic heterocycles. The van der Waals surface area contributed by atoms with Crippen molar-refractivity contribution in [2.45, 2.75) is 19.1 Å². The highest BCUT2D eigenvalue weighted by Gasteiger charge is 2.19. The van der Waals surface area contributed by atoms with Gasteiger partial charge in [0.05, 0.1) is 11.8 Å². The molecular weight excluding hydrogens is 195 g/mol. The second-order valence-corrected chi connectivity index (χ2v) is 4.03. The van der Waals surface area contributed by atoms with Crippen molar-refractivity contribution in [1.29, 1.82) is 0 Å². The lowest BCUT2D eigenvalue weighted by molar-refractivity contribution is 0.175. The van der Waals surface area contributed by atoms with Gasteiger partial charge in [-0.3, -0.25) is 4.90 Å². The number of hydrogen-bond donors (Lipinski definition) is 2. The lowest BCUT2D eigenvalue weighted by atomic mass is 10.2. The number of β-amino-alcohol motifs (C(OH)–C–C–N with tert-alkyl or cyclic N) is 1. The molecule has 2 rings (SSSR count). The number of nitrogen functional groups attached to an aromatic ring is 1. The Morgan fingerprint density at radius 3 is 2.93 bits per heavy atom. The van der Waals surface area contributed by atoms with Crippen molar-refractivity contribution in [3.05, 3.63) is 29.6 Å². The Kier molecular flexibility index (Phi) is 2.88. The molecular formula is C11H15FN2O. The average molecular weight is 210 g/mol. The van der Waals surface area contributed by atoms with Crippen LogP contribution in [0.25, 0.3) is 0 Å². The van der Waals surface area contributed by atoms with Crippen LogP contribution in [0.2, 0.25) is 0 Å². The van der Waals surface area contributed by atoms with E-state index in [1.54, 1.807) is 6.07 Å². The molecule has 3 nitrogen and oxygen atoms in total. The molecule has 15 heavy (non-hydrogen) atoms. The molecule has 0 radical (unpaired) electrons. The number of likely N-dealkylation sites (tertiary alicyclic amines) is 1. The van der Waals surface area contributed by atoms with Crippen LogP contribution in [0.3, 0.4) is 0 Å². The minimum atomic E-state index is -0.368. The number of anilines is 1. The third-order valence-corrected chi connectivity index (χ3v) is 2.72. The molecule has 1 aromatic rings. The Hall–Kier alpha value is -1.13. The number of aliphatic hydroxyl groups excluding tert-OH is 1. The molecule has 0 aromatic heterocycles. The van der Waals surface area contributed by atoms with Crippen molar-refractivity contribution in [2.24, 2.45) is 0 Å². The van der Waals surface area contributed by atoms with Gasteiger partial charge in [0.25, 0.3) is 0 Å². The molecule has 1 aromatic carbocycles. The fourth-order valence-corrected chi connectivity index (χ4v) is 1.88. The number of aliphatic hydroxyl groups is 1. The smallest absolute Gasteiger partial charge is 0.146 e. The Balaban J connectivity index is 2.02. The van der Waals surface area contributed by atoms with Crippen LogP contribution in [-0.4, -0.2) is 29.2 Å². The fourth-order valence-electron chi connectivity index (χ4n) is 1.88. The van der Waals surface area contributed by atoms with Crippen LogP contribution in [0, 0.1) is 5.82 Å². The lowest BCUT2D eigenvalue weighted by Gasteiger charge is -2.14. The van der Waals surface area contributed by atoms with Gasteiger partial charge in [-0.05, 0) is 24.1 Å². The zero-order chi connectivity index (χ0) is 10.8. The van der Waals surface area contributed by atoms with Gasteiger partial charge in [-0.25, -0.2) is 4.39 Å². The van der Waals surface area contributed by atoms with Gasteiger partial charge >= 0.3 is 0 Å². The average Bonchev–Trinajstić information content (AvgIpc) is 2.58. The maximum Gasteiger partial charge on any atom is 0.146 e. The fraction of sp³-hybridized carbons (Fsp3) is 0.455. The summed E-state index contributed by atoms with van der Waals surface area (Å²) in [7, 11) is 0. The normalized spacial score (nSPS) is 22.1. The minimum absolute atomic E-state index is 0.181. The van der Waals surface area contributed by atoms with E-state index in [-0.39, 0.29) is 17.6 Å². The van der Waals surface area contributed by atoms with Crippen LogP contribution >= 0.6 is 0 Å². The Morgan fingerprint density at radius 1 is 1.53 bits per heavy atom. The van der Waals surface area contributed by atoms with Crippen molar-refractivity contribution in [1.82, 2.24) is 4.90 Å². The monoisotopic (exact) mass is 210 g/mol. The van der Waals surface area contributed by atoms with E-state index in [1.807, 2.05) is 6.07 Å². The number of benzene rings is 1. The van der Waals surface area contributed by atoms with Gasteiger partial charge in [0, 0.05) is 19.6 Å². The van der Waals surface area contributed by atoms with Gasteiger partial charge in [-0.15, -0.1) is 0 Å². The van der Waals surface area contributed by atoms with Crippen LogP contribution in [-0.2, 0) is 6.54 Å². The van der Waals surface area contributed by atoms with Gasteiger partial charge in [0.2, 0.25) is 0 Å². The molecule has 0 aliphatic carbocycles. The van der Waals surface area contributed by atoms with Crippen molar-refractivity contribution in [3.8, 4) is 0 Å². The van der Waals surface area contributed by atoms with Crippen molar-refractivity contribution >= 4 is 5.69 Å². The summed E-state index contributed by atoms with van der Waals surface area (Å²) in [5.74, 6) is -0.368. The summed E-state index contributed by atoms with van der Waals surface area (Å²) in [4.78, 5) is 2.11. The summed E-state index contributed by atoms with van der Waals surface area (Å²) in [5, 5.41) is 9.34. The number of halogens is 1. The van der Waals surface area contributed by atoms with Crippen molar-refractivity contribution in [2.75, 3.05) is 18.8 Å². The quantitative estimate of drug-likeness (QED) is 0.715. The molecule has 0 spiro atoms. The molecule has 0 bridgehead atoms. The maximum absolute atomic E-state index is 13.1. The summed E-state index contributed by atoms with van der Waals surface area (Å²) in [6, 6.07) is 4.86. The predicted octanol–water partition coefficient (Wildman–Crippen LogP) is 0.974. The van der Waals surface area contributed by atoms with E-state index in [0.717, 1.165) is 18.5 Å². The van der Waals surface area contributed by atoms with E-state index in [1.165, 1.54) is 6.07 Å². The van der Waals surface area contributed by atoms with Crippen LogP contribution in [0.5, 0.6) is 0 Å². The van der Waals surface area contributed by atoms with Gasteiger partial charge < -0.3 is 10.8 Å². The topological polar surface area (TPSA) is 49.5 Å². The number of nitrogens with two attached hydrogens (primary N) is 1. The second kappa shape index (κ2) is 4.16. The minimum Gasteiger partial charge on any atom is -0.396 e. The first kappa shape index (κ1) is 10.4. The molecule has 1 fully saturated rings. The second-order valence-electron chi connectivity index (χ2n) is 4.03. The van der Waals surface area contributed by atoms with Crippen LogP contribution in [0.4, 0.5) is 10.1 Å². The van der Waals surface area contributed by atoms with E-state index in [4.69, 9.17) is 5.73 Å². The molecule has 1 heterocycles. The zero-order valence-electron chi connectivity index (χ0n) is 8.49. The Bertz CT molecular complexity index is 356. The van der Waals surface area contributed by atoms with Crippen LogP contribution < -0.4 is 5.73 Å². The third kappa shape index (κ3) is 2.46. The summed E-state index contributed by atoms with van der Waals surface area (Å²) in [6.45, 7) is 2.22. The van der Waals surface area contributed by atoms with E-state index >= 15 is 0 Å². The lowest BCUT2D eigenvalue weighted by Crippen LogP contribution is -2.21. The number of rotatable bonds is 2. The van der Waals surface area contributed by atoms with Crippen LogP contribution in [0.15, 0.2) is 18.2 Å². The van der Waals surface area contributed by atoms with Gasteiger partial charge in [0.15, 0.2) is 0 Å². The summed E-state index contributed by atoms with van der Waals surface area (Å²) in [5.41, 5.74) is 6.47. The summed E-state index contributed by atoms with van der Waals surface area (Å²) < 4.78 is 13.1. The summed E-state index contributed by atoms with van der Waals surface area (Å²) in [6.07, 6.45) is 0.570. The molecule has 1 aliphatic rings. The zero-order valence-corrected chi connectivity index (χ0v) is 8.49. The predicted molar refractivity (Wildman–Crippen MR) is 56.7 cm³/mol. The molecule has 82 valence electrons. The highest BCUT2D eigenvalue weighted by Crippen LogP contribution is 2.16. The number of nitrogens with zero attached hydrogens (tertiary/aromatic N) is 1. The summed E-state index contributed by atoms with van der Waals surface area (Å²) >= 11 is 0. The largest absolute Gasteiger partial charge is 0.396 e. The molecule has 1 atom stereocenters. The van der Waals surface area contributed by atoms with E-state index in [2.05, 4.69) is 4.90 Å². The first-order valence-electron chi connectivity index (χ1n) is 5.09. The van der Waals surface area contributed by atoms with Gasteiger partial charge in [-0.2, -0.15) is 0 Å². The first-order valence-corrected chi connectivity index (χ1v) is 5.09. The van der Waals surface area contributed by atoms with Crippen LogP contribution in [0.1, 0.15) is 12.0 Å². The molecule has 1 saturated heterocycles. The third-order valence-electron chi connectivity index (χ3n) is 2.72. The SMILES string of the molecule is Nc1ccc(CN2CCC(O)C2)cc1F. The molecule has 1 unspecified atom stereocenters. The maximum atomic E-state index is 13.1. The highest BCUT2D eigenvalue weighted by atomic mass is 19.1. The van der Waals surface area contributed by atoms with Gasteiger partial charge in [-0.1, -0.05) is 6.07 Å². The standard InChI is InChI=1S/C11H15FN2O/c12-10-5-8(1-2-11(10)13)6-14-4-3-9(15)7-14/h1-2,5,9,15H,3-4,6-7,13H2. The molecule has 0 amide bonds. The molecule has 0 saturated carbocycles. The van der Waals surface area contributed by atoms with Crippen molar-refractivity contribution in [3.63, 3.8) is 0 Å². The first-order chi connectivity index (χ1) is 7.15. The highest BCUT2D eigenvalue weighted by molar-refractivity contribution is 5.41. The Morgan fingerprint density at radius 2 is 2.33 bits per heavy atom. The van der Waals surface area contributed by atoms with E-state index < -0.39 is 0 Å². The van der Waals surface area contributed by atoms with Gasteiger partial charge in [0.1, 0.15) is 5.82 Å². The molecule has 3 N–H and O–H groups in total.